The molecule has 1 aliphatic rings. The zero-order chi connectivity index (χ0) is 16.3. The number of hydrogen-bond donors (Lipinski definition) is 1. The van der Waals surface area contributed by atoms with Gasteiger partial charge in [0.25, 0.3) is 10.0 Å². The molecule has 0 saturated carbocycles. The molecular weight excluding hydrogens is 332 g/mol. The second kappa shape index (κ2) is 6.72. The third kappa shape index (κ3) is 3.92. The average molecular weight is 350 g/mol. The molecule has 0 radical (unpaired) electrons. The number of amides is 1. The van der Waals surface area contributed by atoms with Crippen molar-refractivity contribution in [2.45, 2.75) is 23.5 Å². The van der Waals surface area contributed by atoms with Gasteiger partial charge in [0.05, 0.1) is 6.42 Å². The van der Waals surface area contributed by atoms with E-state index in [9.17, 15) is 13.2 Å². The molecule has 0 unspecified atom stereocenters. The maximum Gasteiger partial charge on any atom is 0.271 e. The lowest BCUT2D eigenvalue weighted by Crippen LogP contribution is -2.28. The first-order valence-corrected chi connectivity index (χ1v) is 9.79. The Bertz CT molecular complexity index is 779. The maximum atomic E-state index is 12.4. The highest BCUT2D eigenvalue weighted by Crippen LogP contribution is 2.25. The van der Waals surface area contributed by atoms with Gasteiger partial charge in [-0.05, 0) is 37.1 Å². The van der Waals surface area contributed by atoms with Gasteiger partial charge >= 0.3 is 0 Å². The van der Waals surface area contributed by atoms with E-state index in [-0.39, 0.29) is 16.5 Å². The van der Waals surface area contributed by atoms with Crippen LogP contribution in [-0.4, -0.2) is 32.3 Å². The lowest BCUT2D eigenvalue weighted by Gasteiger charge is -2.14. The predicted octanol–water partition coefficient (Wildman–Crippen LogP) is 2.71. The number of carbonyl (C=O) groups is 1. The number of nitrogens with zero attached hydrogens (tertiary/aromatic N) is 1. The molecule has 23 heavy (non-hydrogen) atoms. The van der Waals surface area contributed by atoms with Gasteiger partial charge in [-0.2, -0.15) is 0 Å². The first kappa shape index (κ1) is 16.0. The summed E-state index contributed by atoms with van der Waals surface area (Å²) in [7, 11) is -3.60. The summed E-state index contributed by atoms with van der Waals surface area (Å²) in [5.74, 6) is 0.0734. The molecule has 1 amide bonds. The van der Waals surface area contributed by atoms with Gasteiger partial charge in [-0.3, -0.25) is 9.52 Å². The smallest absolute Gasteiger partial charge is 0.271 e. The van der Waals surface area contributed by atoms with Crippen molar-refractivity contribution in [2.75, 3.05) is 17.8 Å². The molecule has 1 aliphatic heterocycles. The standard InChI is InChI=1S/C16H18N2O3S2/c19-15(18-10-4-5-11-18)12-14-8-9-16(22-14)23(20,21)17-13-6-2-1-3-7-13/h1-3,6-9,17H,4-5,10-12H2. The Kier molecular flexibility index (Phi) is 4.68. The van der Waals surface area contributed by atoms with Gasteiger partial charge in [0.15, 0.2) is 0 Å². The van der Waals surface area contributed by atoms with E-state index >= 15 is 0 Å². The van der Waals surface area contributed by atoms with Gasteiger partial charge in [-0.15, -0.1) is 11.3 Å². The number of benzene rings is 1. The van der Waals surface area contributed by atoms with E-state index in [4.69, 9.17) is 0 Å². The zero-order valence-corrected chi connectivity index (χ0v) is 14.2. The van der Waals surface area contributed by atoms with Crippen LogP contribution < -0.4 is 4.72 Å². The summed E-state index contributed by atoms with van der Waals surface area (Å²) in [6, 6.07) is 12.0. The predicted molar refractivity (Wildman–Crippen MR) is 91.1 cm³/mol. The lowest BCUT2D eigenvalue weighted by atomic mass is 10.3. The Balaban J connectivity index is 1.69. The number of nitrogens with one attached hydrogen (secondary N) is 1. The van der Waals surface area contributed by atoms with Gasteiger partial charge in [0.2, 0.25) is 5.91 Å². The summed E-state index contributed by atoms with van der Waals surface area (Å²) in [6.45, 7) is 1.62. The number of rotatable bonds is 5. The normalized spacial score (nSPS) is 14.9. The molecule has 122 valence electrons. The molecule has 0 aliphatic carbocycles. The monoisotopic (exact) mass is 350 g/mol. The number of carbonyl (C=O) groups excluding carboxylic acids is 1. The van der Waals surface area contributed by atoms with Gasteiger partial charge in [0.1, 0.15) is 4.21 Å². The number of anilines is 1. The molecule has 0 bridgehead atoms. The van der Waals surface area contributed by atoms with Gasteiger partial charge in [-0.1, -0.05) is 18.2 Å². The van der Waals surface area contributed by atoms with Crippen LogP contribution in [0.3, 0.4) is 0 Å². The second-order valence-corrected chi connectivity index (χ2v) is 8.53. The molecule has 1 N–H and O–H groups in total. The van der Waals surface area contributed by atoms with Crippen LogP contribution in [0.15, 0.2) is 46.7 Å². The summed E-state index contributed by atoms with van der Waals surface area (Å²) in [4.78, 5) is 14.7. The fourth-order valence-corrected chi connectivity index (χ4v) is 4.94. The van der Waals surface area contributed by atoms with E-state index < -0.39 is 10.0 Å². The first-order chi connectivity index (χ1) is 11.0. The number of likely N-dealkylation sites (tertiary alicyclic amines) is 1. The minimum Gasteiger partial charge on any atom is -0.342 e. The Morgan fingerprint density at radius 1 is 1.09 bits per heavy atom. The Labute approximate surface area is 140 Å². The molecule has 2 aromatic rings. The third-order valence-electron chi connectivity index (χ3n) is 3.71. The summed E-state index contributed by atoms with van der Waals surface area (Å²) >= 11 is 1.15. The highest BCUT2D eigenvalue weighted by Gasteiger charge is 2.21. The van der Waals surface area contributed by atoms with E-state index in [1.54, 1.807) is 36.4 Å². The largest absolute Gasteiger partial charge is 0.342 e. The van der Waals surface area contributed by atoms with Crippen LogP contribution in [0.25, 0.3) is 0 Å². The van der Waals surface area contributed by atoms with Crippen molar-refractivity contribution in [1.82, 2.24) is 4.90 Å². The summed E-state index contributed by atoms with van der Waals surface area (Å²) in [5.41, 5.74) is 0.524. The molecule has 1 fully saturated rings. The van der Waals surface area contributed by atoms with E-state index in [1.165, 1.54) is 0 Å². The van der Waals surface area contributed by atoms with E-state index in [1.807, 2.05) is 11.0 Å². The Morgan fingerprint density at radius 2 is 1.78 bits per heavy atom. The topological polar surface area (TPSA) is 66.5 Å². The number of hydrogen-bond acceptors (Lipinski definition) is 4. The SMILES string of the molecule is O=C(Cc1ccc(S(=O)(=O)Nc2ccccc2)s1)N1CCCC1. The summed E-state index contributed by atoms with van der Waals surface area (Å²) in [6.07, 6.45) is 2.37. The average Bonchev–Trinajstić information content (AvgIpc) is 3.19. The minimum absolute atomic E-state index is 0.0734. The maximum absolute atomic E-state index is 12.4. The molecule has 0 spiro atoms. The molecule has 0 atom stereocenters. The van der Waals surface area contributed by atoms with Crippen molar-refractivity contribution >= 4 is 33.0 Å². The number of thiophene rings is 1. The van der Waals surface area contributed by atoms with E-state index in [0.717, 1.165) is 42.1 Å². The molecule has 5 nitrogen and oxygen atoms in total. The van der Waals surface area contributed by atoms with E-state index in [0.29, 0.717) is 5.69 Å². The number of para-hydroxylation sites is 1. The van der Waals surface area contributed by atoms with Crippen LogP contribution in [0.5, 0.6) is 0 Å². The van der Waals surface area contributed by atoms with E-state index in [2.05, 4.69) is 4.72 Å². The fourth-order valence-electron chi connectivity index (χ4n) is 2.54. The van der Waals surface area contributed by atoms with Crippen LogP contribution >= 0.6 is 11.3 Å². The van der Waals surface area contributed by atoms with Gasteiger partial charge < -0.3 is 4.90 Å². The third-order valence-corrected chi connectivity index (χ3v) is 6.67. The van der Waals surface area contributed by atoms with Crippen molar-refractivity contribution in [2.24, 2.45) is 0 Å². The number of sulfonamides is 1. The molecule has 7 heteroatoms. The molecule has 3 rings (SSSR count). The minimum atomic E-state index is -3.60. The molecule has 2 heterocycles. The van der Waals surface area contributed by atoms with Crippen LogP contribution in [-0.2, 0) is 21.2 Å². The Hall–Kier alpha value is -1.86. The van der Waals surface area contributed by atoms with Gasteiger partial charge in [-0.25, -0.2) is 8.42 Å². The molecule has 1 aromatic carbocycles. The van der Waals surface area contributed by atoms with Crippen molar-refractivity contribution < 1.29 is 13.2 Å². The quantitative estimate of drug-likeness (QED) is 0.902. The Morgan fingerprint density at radius 3 is 2.48 bits per heavy atom. The second-order valence-electron chi connectivity index (χ2n) is 5.46. The van der Waals surface area contributed by atoms with Crippen LogP contribution in [0.4, 0.5) is 5.69 Å². The highest BCUT2D eigenvalue weighted by molar-refractivity contribution is 7.94. The first-order valence-electron chi connectivity index (χ1n) is 7.49. The lowest BCUT2D eigenvalue weighted by molar-refractivity contribution is -0.129. The highest BCUT2D eigenvalue weighted by atomic mass is 32.2. The van der Waals surface area contributed by atoms with Crippen LogP contribution in [0.2, 0.25) is 0 Å². The summed E-state index contributed by atoms with van der Waals surface area (Å²) < 4.78 is 27.5. The van der Waals surface area contributed by atoms with Crippen molar-refractivity contribution in [3.8, 4) is 0 Å². The molecule has 1 aromatic heterocycles. The molecular formula is C16H18N2O3S2. The zero-order valence-electron chi connectivity index (χ0n) is 12.6. The van der Waals surface area contributed by atoms with Gasteiger partial charge in [0, 0.05) is 23.7 Å². The van der Waals surface area contributed by atoms with Crippen molar-refractivity contribution in [3.63, 3.8) is 0 Å². The molecule has 1 saturated heterocycles. The van der Waals surface area contributed by atoms with Crippen molar-refractivity contribution in [3.05, 3.63) is 47.3 Å². The van der Waals surface area contributed by atoms with Crippen LogP contribution in [0.1, 0.15) is 17.7 Å². The summed E-state index contributed by atoms with van der Waals surface area (Å²) in [5, 5.41) is 0. The van der Waals surface area contributed by atoms with Crippen molar-refractivity contribution in [1.29, 1.82) is 0 Å². The van der Waals surface area contributed by atoms with Crippen LogP contribution in [0, 0.1) is 0 Å². The fraction of sp³-hybridized carbons (Fsp3) is 0.312.